The van der Waals surface area contributed by atoms with Gasteiger partial charge in [-0.05, 0) is 11.5 Å². The number of rotatable bonds is 5. The van der Waals surface area contributed by atoms with Crippen molar-refractivity contribution in [2.75, 3.05) is 6.61 Å². The molecular formula is C12H15NO3. The van der Waals surface area contributed by atoms with Gasteiger partial charge in [-0.2, -0.15) is 0 Å². The summed E-state index contributed by atoms with van der Waals surface area (Å²) in [6.45, 7) is 5.69. The van der Waals surface area contributed by atoms with Crippen LogP contribution >= 0.6 is 0 Å². The van der Waals surface area contributed by atoms with Gasteiger partial charge in [0.2, 0.25) is 0 Å². The molecule has 0 unspecified atom stereocenters. The molecular weight excluding hydrogens is 206 g/mol. The summed E-state index contributed by atoms with van der Waals surface area (Å²) in [5, 5.41) is 19.6. The van der Waals surface area contributed by atoms with E-state index in [0.29, 0.717) is 0 Å². The Bertz CT molecular complexity index is 372. The topological polar surface area (TPSA) is 63.4 Å². The zero-order valence-electron chi connectivity index (χ0n) is 9.17. The highest BCUT2D eigenvalue weighted by Gasteiger charge is 2.16. The number of non-ortho nitro benzene ring substituents is 1. The predicted octanol–water partition coefficient (Wildman–Crippen LogP) is 2.49. The van der Waals surface area contributed by atoms with Crippen molar-refractivity contribution in [2.45, 2.75) is 12.8 Å². The fourth-order valence-corrected chi connectivity index (χ4v) is 1.63. The first kappa shape index (κ1) is 12.4. The molecule has 1 aromatic carbocycles. The summed E-state index contributed by atoms with van der Waals surface area (Å²) in [7, 11) is 0. The highest BCUT2D eigenvalue weighted by molar-refractivity contribution is 5.35. The number of aliphatic hydroxyl groups is 1. The van der Waals surface area contributed by atoms with E-state index < -0.39 is 4.92 Å². The van der Waals surface area contributed by atoms with Crippen molar-refractivity contribution in [2.24, 2.45) is 5.92 Å². The van der Waals surface area contributed by atoms with Crippen molar-refractivity contribution in [3.8, 4) is 0 Å². The molecule has 0 bridgehead atoms. The Morgan fingerprint density at radius 1 is 1.50 bits per heavy atom. The molecule has 0 radical (unpaired) electrons. The molecule has 0 amide bonds. The number of hydrogen-bond donors (Lipinski definition) is 1. The van der Waals surface area contributed by atoms with E-state index in [1.54, 1.807) is 18.2 Å². The maximum absolute atomic E-state index is 10.5. The largest absolute Gasteiger partial charge is 0.396 e. The second-order valence-corrected chi connectivity index (χ2v) is 3.77. The quantitative estimate of drug-likeness (QED) is 0.472. The molecule has 0 saturated heterocycles. The van der Waals surface area contributed by atoms with Crippen molar-refractivity contribution >= 4 is 5.69 Å². The second-order valence-electron chi connectivity index (χ2n) is 3.77. The maximum Gasteiger partial charge on any atom is 0.269 e. The maximum atomic E-state index is 10.5. The van der Waals surface area contributed by atoms with E-state index in [0.717, 1.165) is 5.56 Å². The molecule has 0 saturated carbocycles. The van der Waals surface area contributed by atoms with E-state index in [-0.39, 0.29) is 24.1 Å². The third-order valence-corrected chi connectivity index (χ3v) is 2.64. The second kappa shape index (κ2) is 5.42. The molecule has 0 heterocycles. The zero-order valence-corrected chi connectivity index (χ0v) is 9.17. The van der Waals surface area contributed by atoms with Crippen LogP contribution in [0.1, 0.15) is 18.4 Å². The molecule has 1 aromatic rings. The van der Waals surface area contributed by atoms with Crippen LogP contribution in [0.4, 0.5) is 5.69 Å². The van der Waals surface area contributed by atoms with Gasteiger partial charge in [0.05, 0.1) is 4.92 Å². The van der Waals surface area contributed by atoms with Gasteiger partial charge in [-0.15, -0.1) is 6.58 Å². The molecule has 4 heteroatoms. The molecule has 0 aliphatic rings. The highest BCUT2D eigenvalue weighted by atomic mass is 16.6. The number of nitrogens with zero attached hydrogens (tertiary/aromatic N) is 1. The van der Waals surface area contributed by atoms with Gasteiger partial charge < -0.3 is 5.11 Å². The average Bonchev–Trinajstić information content (AvgIpc) is 2.30. The summed E-state index contributed by atoms with van der Waals surface area (Å²) in [5.74, 6) is 0.0739. The Kier molecular flexibility index (Phi) is 4.19. The van der Waals surface area contributed by atoms with Crippen molar-refractivity contribution in [3.05, 3.63) is 52.6 Å². The van der Waals surface area contributed by atoms with Crippen LogP contribution in [0.25, 0.3) is 0 Å². The van der Waals surface area contributed by atoms with Gasteiger partial charge in [0.1, 0.15) is 0 Å². The fourth-order valence-electron chi connectivity index (χ4n) is 1.63. The summed E-state index contributed by atoms with van der Waals surface area (Å²) in [6.07, 6.45) is 1.75. The van der Waals surface area contributed by atoms with Crippen LogP contribution in [0.5, 0.6) is 0 Å². The van der Waals surface area contributed by atoms with Crippen LogP contribution in [0.2, 0.25) is 0 Å². The monoisotopic (exact) mass is 221 g/mol. The van der Waals surface area contributed by atoms with E-state index in [1.165, 1.54) is 12.1 Å². The fraction of sp³-hybridized carbons (Fsp3) is 0.333. The highest BCUT2D eigenvalue weighted by Crippen LogP contribution is 2.26. The smallest absolute Gasteiger partial charge is 0.269 e. The minimum Gasteiger partial charge on any atom is -0.396 e. The van der Waals surface area contributed by atoms with Gasteiger partial charge in [-0.3, -0.25) is 10.1 Å². The van der Waals surface area contributed by atoms with E-state index in [4.69, 9.17) is 5.11 Å². The Labute approximate surface area is 94.4 Å². The van der Waals surface area contributed by atoms with Crippen LogP contribution < -0.4 is 0 Å². The summed E-state index contributed by atoms with van der Waals surface area (Å²) < 4.78 is 0. The molecule has 4 nitrogen and oxygen atoms in total. The first-order valence-electron chi connectivity index (χ1n) is 5.08. The molecule has 0 aliphatic heterocycles. The number of allylic oxidation sites excluding steroid dienone is 1. The molecule has 0 fully saturated rings. The van der Waals surface area contributed by atoms with Crippen molar-refractivity contribution in [3.63, 3.8) is 0 Å². The van der Waals surface area contributed by atoms with Gasteiger partial charge in [0.15, 0.2) is 0 Å². The van der Waals surface area contributed by atoms with E-state index in [1.807, 2.05) is 6.92 Å². The Hall–Kier alpha value is -1.68. The number of aliphatic hydroxyl groups excluding tert-OH is 1. The van der Waals surface area contributed by atoms with E-state index in [2.05, 4.69) is 6.58 Å². The van der Waals surface area contributed by atoms with Gasteiger partial charge in [0, 0.05) is 24.7 Å². The number of benzene rings is 1. The number of nitro groups is 1. The molecule has 1 rings (SSSR count). The lowest BCUT2D eigenvalue weighted by Gasteiger charge is -2.18. The van der Waals surface area contributed by atoms with Crippen molar-refractivity contribution < 1.29 is 10.0 Å². The summed E-state index contributed by atoms with van der Waals surface area (Å²) >= 11 is 0. The van der Waals surface area contributed by atoms with Crippen molar-refractivity contribution in [1.29, 1.82) is 0 Å². The minimum absolute atomic E-state index is 0.0193. The van der Waals surface area contributed by atoms with Gasteiger partial charge >= 0.3 is 0 Å². The van der Waals surface area contributed by atoms with Gasteiger partial charge in [-0.1, -0.05) is 25.1 Å². The normalized spacial score (nSPS) is 14.1. The number of hydrogen-bond acceptors (Lipinski definition) is 3. The molecule has 2 atom stereocenters. The minimum atomic E-state index is -0.428. The predicted molar refractivity (Wildman–Crippen MR) is 62.3 cm³/mol. The molecule has 1 N–H and O–H groups in total. The molecule has 0 aliphatic carbocycles. The molecule has 0 aromatic heterocycles. The Balaban J connectivity index is 2.95. The van der Waals surface area contributed by atoms with Gasteiger partial charge in [0.25, 0.3) is 5.69 Å². The first-order valence-corrected chi connectivity index (χ1v) is 5.08. The lowest BCUT2D eigenvalue weighted by Crippen LogP contribution is -2.11. The SMILES string of the molecule is C=C[C@@H](c1ccc([N+](=O)[O-])cc1)[C@@H](C)CO. The lowest BCUT2D eigenvalue weighted by molar-refractivity contribution is -0.384. The van der Waals surface area contributed by atoms with E-state index in [9.17, 15) is 10.1 Å². The first-order chi connectivity index (χ1) is 7.60. The lowest BCUT2D eigenvalue weighted by atomic mass is 9.88. The van der Waals surface area contributed by atoms with Crippen LogP contribution in [0, 0.1) is 16.0 Å². The Morgan fingerprint density at radius 3 is 2.44 bits per heavy atom. The van der Waals surface area contributed by atoms with Gasteiger partial charge in [-0.25, -0.2) is 0 Å². The van der Waals surface area contributed by atoms with Crippen LogP contribution in [0.3, 0.4) is 0 Å². The van der Waals surface area contributed by atoms with E-state index >= 15 is 0 Å². The summed E-state index contributed by atoms with van der Waals surface area (Å²) in [6, 6.07) is 6.35. The standard InChI is InChI=1S/C12H15NO3/c1-3-12(9(2)8-14)10-4-6-11(7-5-10)13(15)16/h3-7,9,12,14H,1,8H2,2H3/t9-,12+/m0/s1. The molecule has 16 heavy (non-hydrogen) atoms. The van der Waals surface area contributed by atoms with Crippen LogP contribution in [0.15, 0.2) is 36.9 Å². The molecule has 0 spiro atoms. The number of nitro benzene ring substituents is 1. The Morgan fingerprint density at radius 2 is 2.06 bits per heavy atom. The van der Waals surface area contributed by atoms with Crippen molar-refractivity contribution in [1.82, 2.24) is 0 Å². The third-order valence-electron chi connectivity index (χ3n) is 2.64. The third kappa shape index (κ3) is 2.67. The van der Waals surface area contributed by atoms with Crippen LogP contribution in [-0.2, 0) is 0 Å². The molecule has 86 valence electrons. The summed E-state index contributed by atoms with van der Waals surface area (Å²) in [5.41, 5.74) is 1.00. The average molecular weight is 221 g/mol. The summed E-state index contributed by atoms with van der Waals surface area (Å²) in [4.78, 5) is 10.1. The zero-order chi connectivity index (χ0) is 12.1. The van der Waals surface area contributed by atoms with Crippen LogP contribution in [-0.4, -0.2) is 16.6 Å².